The molecule has 1 aromatic heterocycles. The molecule has 4 heteroatoms. The Labute approximate surface area is 90.5 Å². The van der Waals surface area contributed by atoms with E-state index in [1.165, 1.54) is 0 Å². The molecule has 0 fully saturated rings. The van der Waals surface area contributed by atoms with E-state index in [-0.39, 0.29) is 58.2 Å². The van der Waals surface area contributed by atoms with E-state index in [0.717, 1.165) is 0 Å². The second kappa shape index (κ2) is 3.77. The summed E-state index contributed by atoms with van der Waals surface area (Å²) in [7, 11) is 0. The molecule has 0 aliphatic carbocycles. The predicted octanol–water partition coefficient (Wildman–Crippen LogP) is -1.90. The molecule has 1 rings (SSSR count). The molecule has 0 spiro atoms. The molecule has 0 aliphatic rings. The number of H-pyrrole nitrogens is 1. The van der Waals surface area contributed by atoms with Crippen LogP contribution in [-0.4, -0.2) is 10.2 Å². The molecule has 0 radical (unpaired) electrons. The van der Waals surface area contributed by atoms with Gasteiger partial charge >= 0.3 is 58.2 Å². The van der Waals surface area contributed by atoms with E-state index in [2.05, 4.69) is 10.2 Å². The Bertz CT molecular complexity index is 114. The minimum atomic E-state index is 0. The van der Waals surface area contributed by atoms with Crippen LogP contribution in [0.1, 0.15) is 0 Å². The van der Waals surface area contributed by atoms with Gasteiger partial charge in [-0.25, -0.2) is 0 Å². The molecular formula is C3H4N3Rb. The Hall–Kier alpha value is 0.815. The van der Waals surface area contributed by atoms with E-state index in [4.69, 9.17) is 5.73 Å². The van der Waals surface area contributed by atoms with Crippen LogP contribution in [0, 0.1) is 0 Å². The summed E-state index contributed by atoms with van der Waals surface area (Å²) in [6.45, 7) is 0. The average molecular weight is 168 g/mol. The van der Waals surface area contributed by atoms with Crippen molar-refractivity contribution in [2.45, 2.75) is 0 Å². The molecular weight excluding hydrogens is 164 g/mol. The molecule has 0 bridgehead atoms. The zero-order valence-corrected chi connectivity index (χ0v) is 9.02. The van der Waals surface area contributed by atoms with Crippen molar-refractivity contribution in [1.82, 2.24) is 10.2 Å². The first-order valence-corrected chi connectivity index (χ1v) is 1.60. The third kappa shape index (κ3) is 2.59. The Kier molecular flexibility index (Phi) is 4.21. The molecule has 0 saturated heterocycles. The van der Waals surface area contributed by atoms with Crippen molar-refractivity contribution >= 4 is 5.82 Å². The van der Waals surface area contributed by atoms with Gasteiger partial charge < -0.3 is 10.8 Å². The van der Waals surface area contributed by atoms with E-state index in [9.17, 15) is 0 Å². The van der Waals surface area contributed by atoms with E-state index < -0.39 is 0 Å². The van der Waals surface area contributed by atoms with Crippen LogP contribution in [0.3, 0.4) is 0 Å². The minimum Gasteiger partial charge on any atom is -0.481 e. The normalized spacial score (nSPS) is 7.43. The molecule has 1 heterocycles. The summed E-state index contributed by atoms with van der Waals surface area (Å²) in [5, 5.41) is 5.93. The fourth-order valence-corrected chi connectivity index (χ4v) is 0.256. The standard InChI is InChI=1S/C3H4N3.Rb/c4-3-1-2-5-6-3;/h1-2H,(H2-,4,5,6);/q-1;+1. The van der Waals surface area contributed by atoms with Crippen molar-refractivity contribution in [3.05, 3.63) is 18.0 Å². The molecule has 0 aliphatic heterocycles. The molecule has 32 valence electrons. The fraction of sp³-hybridized carbons (Fsp3) is 0. The average Bonchev–Trinajstić information content (AvgIpc) is 1.86. The molecule has 2 N–H and O–H groups in total. The maximum atomic E-state index is 6.76. The van der Waals surface area contributed by atoms with Crippen LogP contribution in [0.4, 0.5) is 5.82 Å². The number of hydrogen-bond donors (Lipinski definition) is 1. The van der Waals surface area contributed by atoms with Crippen molar-refractivity contribution in [2.24, 2.45) is 0 Å². The molecule has 0 saturated carbocycles. The van der Waals surface area contributed by atoms with Gasteiger partial charge in [0.1, 0.15) is 0 Å². The summed E-state index contributed by atoms with van der Waals surface area (Å²) in [5.41, 5.74) is 6.76. The van der Waals surface area contributed by atoms with Crippen molar-refractivity contribution in [2.75, 3.05) is 0 Å². The zero-order chi connectivity index (χ0) is 4.41. The molecule has 0 amide bonds. The first-order valence-electron chi connectivity index (χ1n) is 1.60. The predicted molar refractivity (Wildman–Crippen MR) is 22.6 cm³/mol. The van der Waals surface area contributed by atoms with Gasteiger partial charge in [-0.15, -0.1) is 0 Å². The zero-order valence-electron chi connectivity index (χ0n) is 4.10. The van der Waals surface area contributed by atoms with Gasteiger partial charge in [0, 0.05) is 6.20 Å². The van der Waals surface area contributed by atoms with Crippen molar-refractivity contribution in [1.29, 1.82) is 0 Å². The van der Waals surface area contributed by atoms with Gasteiger partial charge in [-0.05, 0) is 6.07 Å². The van der Waals surface area contributed by atoms with Gasteiger partial charge in [0.05, 0.1) is 0 Å². The molecule has 1 aromatic rings. The van der Waals surface area contributed by atoms with Gasteiger partial charge in [-0.3, -0.25) is 5.10 Å². The number of aromatic amines is 1. The SMILES string of the molecule is [NH-]c1ccn[nH]1.[Rb+]. The van der Waals surface area contributed by atoms with Crippen molar-refractivity contribution in [3.63, 3.8) is 0 Å². The summed E-state index contributed by atoms with van der Waals surface area (Å²) in [6.07, 6.45) is 1.54. The number of aromatic nitrogens is 2. The Morgan fingerprint density at radius 2 is 2.43 bits per heavy atom. The quantitative estimate of drug-likeness (QED) is 0.482. The summed E-state index contributed by atoms with van der Waals surface area (Å²) in [4.78, 5) is 0. The van der Waals surface area contributed by atoms with Crippen LogP contribution in [0.25, 0.3) is 5.73 Å². The van der Waals surface area contributed by atoms with Gasteiger partial charge in [0.2, 0.25) is 0 Å². The molecule has 7 heavy (non-hydrogen) atoms. The number of nitrogens with one attached hydrogen (secondary N) is 2. The third-order valence-electron chi connectivity index (χ3n) is 0.501. The van der Waals surface area contributed by atoms with Crippen LogP contribution in [0.5, 0.6) is 0 Å². The van der Waals surface area contributed by atoms with E-state index in [1.807, 2.05) is 0 Å². The maximum Gasteiger partial charge on any atom is 1.00 e. The third-order valence-corrected chi connectivity index (χ3v) is 0.501. The Morgan fingerprint density at radius 1 is 1.71 bits per heavy atom. The maximum absolute atomic E-state index is 6.76. The van der Waals surface area contributed by atoms with Crippen LogP contribution >= 0.6 is 0 Å². The number of rotatable bonds is 0. The molecule has 0 unspecified atom stereocenters. The largest absolute Gasteiger partial charge is 1.00 e. The minimum absolute atomic E-state index is 0. The smallest absolute Gasteiger partial charge is 0.481 e. The Morgan fingerprint density at radius 3 is 2.57 bits per heavy atom. The van der Waals surface area contributed by atoms with Crippen LogP contribution in [0.15, 0.2) is 12.3 Å². The Balaban J connectivity index is 0.000000360. The van der Waals surface area contributed by atoms with E-state index in [0.29, 0.717) is 5.82 Å². The number of nitrogens with zero attached hydrogens (tertiary/aromatic N) is 1. The summed E-state index contributed by atoms with van der Waals surface area (Å²) >= 11 is 0. The second-order valence-electron chi connectivity index (χ2n) is 0.970. The summed E-state index contributed by atoms with van der Waals surface area (Å²) in [5.74, 6) is 0.356. The molecule has 3 nitrogen and oxygen atoms in total. The van der Waals surface area contributed by atoms with E-state index in [1.54, 1.807) is 12.3 Å². The van der Waals surface area contributed by atoms with Gasteiger partial charge in [0.15, 0.2) is 0 Å². The fourth-order valence-electron chi connectivity index (χ4n) is 0.256. The molecule has 0 atom stereocenters. The topological polar surface area (TPSA) is 52.5 Å². The van der Waals surface area contributed by atoms with Crippen molar-refractivity contribution in [3.8, 4) is 0 Å². The van der Waals surface area contributed by atoms with Gasteiger partial charge in [-0.1, -0.05) is 5.82 Å². The first-order chi connectivity index (χ1) is 2.89. The van der Waals surface area contributed by atoms with Gasteiger partial charge in [-0.2, -0.15) is 0 Å². The summed E-state index contributed by atoms with van der Waals surface area (Å²) in [6, 6.07) is 1.58. The van der Waals surface area contributed by atoms with Crippen LogP contribution in [0.2, 0.25) is 0 Å². The second-order valence-corrected chi connectivity index (χ2v) is 0.970. The molecule has 0 aromatic carbocycles. The van der Waals surface area contributed by atoms with Crippen LogP contribution in [-0.2, 0) is 0 Å². The van der Waals surface area contributed by atoms with Crippen molar-refractivity contribution < 1.29 is 58.2 Å². The monoisotopic (exact) mass is 167 g/mol. The first kappa shape index (κ1) is 7.82. The van der Waals surface area contributed by atoms with Crippen LogP contribution < -0.4 is 58.2 Å². The van der Waals surface area contributed by atoms with Gasteiger partial charge in [0.25, 0.3) is 0 Å². The van der Waals surface area contributed by atoms with E-state index >= 15 is 0 Å². The summed E-state index contributed by atoms with van der Waals surface area (Å²) < 4.78 is 0. The number of hydrogen-bond acceptors (Lipinski definition) is 1.